The standard InChI is InChI=1S/C14H20F3N3O/c1-20(8-12-18-19-13(21-12)9-6-7-9)11-5-3-2-4-10(11)14(15,16)17/h9-11H,2-8H2,1H3/t10-,11+/m1/s1. The summed E-state index contributed by atoms with van der Waals surface area (Å²) < 4.78 is 44.9. The van der Waals surface area contributed by atoms with Crippen molar-refractivity contribution in [3.63, 3.8) is 0 Å². The van der Waals surface area contributed by atoms with Gasteiger partial charge in [0.2, 0.25) is 11.8 Å². The van der Waals surface area contributed by atoms with Crippen molar-refractivity contribution in [3.05, 3.63) is 11.8 Å². The lowest BCUT2D eigenvalue weighted by Crippen LogP contribution is -2.46. The average Bonchev–Trinajstić information content (AvgIpc) is 3.19. The zero-order valence-corrected chi connectivity index (χ0v) is 12.1. The van der Waals surface area contributed by atoms with Gasteiger partial charge in [-0.05, 0) is 32.7 Å². The Kier molecular flexibility index (Phi) is 3.94. The van der Waals surface area contributed by atoms with E-state index in [1.165, 1.54) is 0 Å². The molecular formula is C14H20F3N3O. The second kappa shape index (κ2) is 5.59. The van der Waals surface area contributed by atoms with Crippen LogP contribution in [0.5, 0.6) is 0 Å². The molecule has 2 fully saturated rings. The largest absolute Gasteiger partial charge is 0.424 e. The minimum absolute atomic E-state index is 0.218. The highest BCUT2D eigenvalue weighted by Gasteiger charge is 2.46. The zero-order valence-electron chi connectivity index (χ0n) is 12.1. The molecule has 1 heterocycles. The lowest BCUT2D eigenvalue weighted by Gasteiger charge is -2.38. The molecule has 2 saturated carbocycles. The van der Waals surface area contributed by atoms with Crippen LogP contribution in [-0.4, -0.2) is 34.4 Å². The Bertz CT molecular complexity index is 484. The van der Waals surface area contributed by atoms with Crippen molar-refractivity contribution in [1.82, 2.24) is 15.1 Å². The van der Waals surface area contributed by atoms with Crippen molar-refractivity contribution in [2.45, 2.75) is 63.2 Å². The first kappa shape index (κ1) is 14.8. The van der Waals surface area contributed by atoms with Crippen molar-refractivity contribution in [2.24, 2.45) is 5.92 Å². The van der Waals surface area contributed by atoms with E-state index in [1.54, 1.807) is 11.9 Å². The Hall–Kier alpha value is -1.11. The number of rotatable bonds is 4. The maximum atomic E-state index is 13.1. The molecule has 7 heteroatoms. The van der Waals surface area contributed by atoms with E-state index < -0.39 is 18.1 Å². The van der Waals surface area contributed by atoms with E-state index >= 15 is 0 Å². The van der Waals surface area contributed by atoms with Crippen LogP contribution in [0.25, 0.3) is 0 Å². The number of alkyl halides is 3. The maximum Gasteiger partial charge on any atom is 0.393 e. The van der Waals surface area contributed by atoms with Gasteiger partial charge >= 0.3 is 6.18 Å². The molecule has 0 saturated heterocycles. The molecule has 2 aliphatic carbocycles. The van der Waals surface area contributed by atoms with Crippen molar-refractivity contribution in [1.29, 1.82) is 0 Å². The van der Waals surface area contributed by atoms with Gasteiger partial charge in [-0.3, -0.25) is 4.90 Å². The summed E-state index contributed by atoms with van der Waals surface area (Å²) in [4.78, 5) is 1.72. The van der Waals surface area contributed by atoms with Crippen molar-refractivity contribution in [2.75, 3.05) is 7.05 Å². The molecule has 0 amide bonds. The average molecular weight is 303 g/mol. The highest BCUT2D eigenvalue weighted by atomic mass is 19.4. The first-order chi connectivity index (χ1) is 9.95. The fraction of sp³-hybridized carbons (Fsp3) is 0.857. The minimum atomic E-state index is -4.13. The molecule has 1 aromatic rings. The topological polar surface area (TPSA) is 42.2 Å². The van der Waals surface area contributed by atoms with E-state index in [9.17, 15) is 13.2 Å². The lowest BCUT2D eigenvalue weighted by molar-refractivity contribution is -0.198. The Morgan fingerprint density at radius 2 is 1.86 bits per heavy atom. The number of nitrogens with zero attached hydrogens (tertiary/aromatic N) is 3. The Balaban J connectivity index is 1.65. The van der Waals surface area contributed by atoms with E-state index in [1.807, 2.05) is 0 Å². The fourth-order valence-electron chi connectivity index (χ4n) is 3.18. The molecule has 3 rings (SSSR count). The summed E-state index contributed by atoms with van der Waals surface area (Å²) in [6.45, 7) is 0.289. The van der Waals surface area contributed by atoms with Crippen LogP contribution in [0.1, 0.15) is 56.2 Å². The van der Waals surface area contributed by atoms with Gasteiger partial charge in [0.05, 0.1) is 12.5 Å². The molecule has 1 aromatic heterocycles. The van der Waals surface area contributed by atoms with E-state index in [2.05, 4.69) is 10.2 Å². The van der Waals surface area contributed by atoms with Gasteiger partial charge in [0.15, 0.2) is 0 Å². The molecule has 4 nitrogen and oxygen atoms in total. The van der Waals surface area contributed by atoms with E-state index in [0.717, 1.165) is 19.3 Å². The summed E-state index contributed by atoms with van der Waals surface area (Å²) in [5, 5.41) is 7.94. The van der Waals surface area contributed by atoms with Crippen LogP contribution in [0, 0.1) is 5.92 Å². The number of hydrogen-bond acceptors (Lipinski definition) is 4. The second-order valence-corrected chi connectivity index (χ2v) is 6.22. The predicted molar refractivity (Wildman–Crippen MR) is 69.5 cm³/mol. The monoisotopic (exact) mass is 303 g/mol. The van der Waals surface area contributed by atoms with Gasteiger partial charge in [0.25, 0.3) is 0 Å². The Labute approximate surface area is 121 Å². The molecule has 2 aliphatic rings. The lowest BCUT2D eigenvalue weighted by atomic mass is 9.83. The van der Waals surface area contributed by atoms with Crippen LogP contribution in [0.3, 0.4) is 0 Å². The van der Waals surface area contributed by atoms with Gasteiger partial charge in [-0.15, -0.1) is 10.2 Å². The third-order valence-electron chi connectivity index (χ3n) is 4.51. The van der Waals surface area contributed by atoms with Crippen molar-refractivity contribution >= 4 is 0 Å². The van der Waals surface area contributed by atoms with Gasteiger partial charge in [-0.25, -0.2) is 0 Å². The van der Waals surface area contributed by atoms with Gasteiger partial charge in [0.1, 0.15) is 0 Å². The predicted octanol–water partition coefficient (Wildman–Crippen LogP) is 3.50. The summed E-state index contributed by atoms with van der Waals surface area (Å²) in [6, 6.07) is -0.491. The van der Waals surface area contributed by atoms with E-state index in [4.69, 9.17) is 4.42 Å². The van der Waals surface area contributed by atoms with Crippen LogP contribution < -0.4 is 0 Å². The summed E-state index contributed by atoms with van der Waals surface area (Å²) in [6.07, 6.45) is 0.291. The summed E-state index contributed by atoms with van der Waals surface area (Å²) >= 11 is 0. The highest BCUT2D eigenvalue weighted by molar-refractivity contribution is 5.00. The molecule has 118 valence electrons. The number of aromatic nitrogens is 2. The molecule has 0 aromatic carbocycles. The summed E-state index contributed by atoms with van der Waals surface area (Å²) in [7, 11) is 1.72. The van der Waals surface area contributed by atoms with Gasteiger partial charge in [-0.1, -0.05) is 12.8 Å². The van der Waals surface area contributed by atoms with Gasteiger partial charge in [-0.2, -0.15) is 13.2 Å². The third kappa shape index (κ3) is 3.39. The Morgan fingerprint density at radius 1 is 1.14 bits per heavy atom. The zero-order chi connectivity index (χ0) is 15.0. The van der Waals surface area contributed by atoms with Crippen LogP contribution in [0.4, 0.5) is 13.2 Å². The van der Waals surface area contributed by atoms with Crippen LogP contribution in [0.2, 0.25) is 0 Å². The quantitative estimate of drug-likeness (QED) is 0.854. The number of hydrogen-bond donors (Lipinski definition) is 0. The van der Waals surface area contributed by atoms with E-state index in [-0.39, 0.29) is 13.0 Å². The van der Waals surface area contributed by atoms with Crippen molar-refractivity contribution in [3.8, 4) is 0 Å². The summed E-state index contributed by atoms with van der Waals surface area (Å²) in [5.74, 6) is 0.177. The molecule has 0 unspecified atom stereocenters. The molecule has 21 heavy (non-hydrogen) atoms. The van der Waals surface area contributed by atoms with Gasteiger partial charge in [0, 0.05) is 12.0 Å². The second-order valence-electron chi connectivity index (χ2n) is 6.22. The molecule has 2 atom stereocenters. The Morgan fingerprint density at radius 3 is 2.52 bits per heavy atom. The minimum Gasteiger partial charge on any atom is -0.424 e. The molecule has 0 aliphatic heterocycles. The van der Waals surface area contributed by atoms with Crippen LogP contribution in [-0.2, 0) is 6.54 Å². The summed E-state index contributed by atoms with van der Waals surface area (Å²) in [5.41, 5.74) is 0. The molecule has 0 bridgehead atoms. The van der Waals surface area contributed by atoms with Crippen molar-refractivity contribution < 1.29 is 17.6 Å². The SMILES string of the molecule is CN(Cc1nnc(C2CC2)o1)[C@H]1CCCC[C@H]1C(F)(F)F. The fourth-order valence-corrected chi connectivity index (χ4v) is 3.18. The third-order valence-corrected chi connectivity index (χ3v) is 4.51. The first-order valence-electron chi connectivity index (χ1n) is 7.54. The number of halogens is 3. The van der Waals surface area contributed by atoms with Gasteiger partial charge < -0.3 is 4.42 Å². The molecule has 0 spiro atoms. The molecule has 0 N–H and O–H groups in total. The molecule has 0 radical (unpaired) electrons. The smallest absolute Gasteiger partial charge is 0.393 e. The van der Waals surface area contributed by atoms with E-state index in [0.29, 0.717) is 30.5 Å². The van der Waals surface area contributed by atoms with Crippen LogP contribution >= 0.6 is 0 Å². The first-order valence-corrected chi connectivity index (χ1v) is 7.54. The molecular weight excluding hydrogens is 283 g/mol. The highest BCUT2D eigenvalue weighted by Crippen LogP contribution is 2.41. The maximum absolute atomic E-state index is 13.1. The normalized spacial score (nSPS) is 27.3. The van der Waals surface area contributed by atoms with Crippen LogP contribution in [0.15, 0.2) is 4.42 Å².